The molecule has 4 N–H and O–H groups in total. The molecule has 0 bridgehead atoms. The van der Waals surface area contributed by atoms with Gasteiger partial charge in [0.15, 0.2) is 6.10 Å². The molecule has 83 heavy (non-hydrogen) atoms. The largest absolute Gasteiger partial charge is 0.472 e. The minimum absolute atomic E-state index is 0.107. The molecule has 0 aromatic heterocycles. The fraction of sp³-hybridized carbons (Fsp3) is 0.769. The van der Waals surface area contributed by atoms with Gasteiger partial charge in [0.2, 0.25) is 0 Å². The Bertz CT molecular complexity index is 1820. The lowest BCUT2D eigenvalue weighted by atomic mass is 10.1. The van der Waals surface area contributed by atoms with E-state index in [4.69, 9.17) is 32.3 Å². The normalized spacial score (nSPS) is 14.8. The Balaban J connectivity index is 4.52. The second kappa shape index (κ2) is 59.3. The molecule has 0 aliphatic rings. The maximum atomic E-state index is 12.8. The van der Waals surface area contributed by atoms with Gasteiger partial charge in [0, 0.05) is 19.3 Å². The van der Waals surface area contributed by atoms with Crippen molar-refractivity contribution in [3.63, 3.8) is 0 Å². The van der Waals surface area contributed by atoms with Gasteiger partial charge in [-0.15, -0.1) is 0 Å². The van der Waals surface area contributed by atoms with Gasteiger partial charge in [-0.3, -0.25) is 32.5 Å². The van der Waals surface area contributed by atoms with Crippen molar-refractivity contribution >= 4 is 33.6 Å². The third-order valence-corrected chi connectivity index (χ3v) is 15.3. The Morgan fingerprint density at radius 2 is 0.639 bits per heavy atom. The summed E-state index contributed by atoms with van der Waals surface area (Å²) >= 11 is 0. The molecule has 0 heterocycles. The zero-order chi connectivity index (χ0) is 61.0. The van der Waals surface area contributed by atoms with Gasteiger partial charge in [0.1, 0.15) is 25.4 Å². The van der Waals surface area contributed by atoms with E-state index in [2.05, 4.69) is 93.7 Å². The number of ether oxygens (including phenoxy) is 3. The van der Waals surface area contributed by atoms with Gasteiger partial charge in [-0.25, -0.2) is 9.13 Å². The number of hydrogen-bond acceptors (Lipinski definition) is 14. The van der Waals surface area contributed by atoms with Crippen LogP contribution in [0.15, 0.2) is 72.9 Å². The van der Waals surface area contributed by atoms with Crippen molar-refractivity contribution in [2.45, 2.75) is 283 Å². The molecule has 0 aliphatic heterocycles. The fourth-order valence-electron chi connectivity index (χ4n) is 8.47. The molecule has 5 atom stereocenters. The van der Waals surface area contributed by atoms with Crippen molar-refractivity contribution < 1.29 is 75.8 Å². The van der Waals surface area contributed by atoms with Crippen LogP contribution < -0.4 is 0 Å². The highest BCUT2D eigenvalue weighted by Crippen LogP contribution is 2.45. The van der Waals surface area contributed by atoms with E-state index in [0.29, 0.717) is 19.3 Å². The van der Waals surface area contributed by atoms with Gasteiger partial charge in [0.25, 0.3) is 0 Å². The quantitative estimate of drug-likeness (QED) is 0.0146. The Morgan fingerprint density at radius 3 is 1.04 bits per heavy atom. The van der Waals surface area contributed by atoms with Crippen LogP contribution in [-0.2, 0) is 55.8 Å². The molecule has 0 saturated heterocycles. The minimum atomic E-state index is -4.91. The molecular formula is C65H116O16P2. The fourth-order valence-corrected chi connectivity index (χ4v) is 10.1. The summed E-state index contributed by atoms with van der Waals surface area (Å²) < 4.78 is 60.7. The summed E-state index contributed by atoms with van der Waals surface area (Å²) in [6, 6.07) is 0. The van der Waals surface area contributed by atoms with Gasteiger partial charge >= 0.3 is 33.6 Å². The number of phosphoric ester groups is 2. The average Bonchev–Trinajstić information content (AvgIpc) is 3.46. The van der Waals surface area contributed by atoms with E-state index in [1.807, 2.05) is 0 Å². The summed E-state index contributed by atoms with van der Waals surface area (Å²) in [7, 11) is -9.76. The van der Waals surface area contributed by atoms with Crippen LogP contribution in [0.25, 0.3) is 0 Å². The SMILES string of the molecule is CC/C=C\C/C=C\C/C=C\C/C=C\C/C=C\CCCCCCCCCC(=O)OCC(O)COP(=O)(O)OCC(O)COP(=O)(O)OCC(COC(=O)CCCCCCC/C=C\CCCCCC)OC(=O)CCCCCCCCCCCCC. The summed E-state index contributed by atoms with van der Waals surface area (Å²) in [6.45, 7) is 2.51. The molecule has 0 aromatic rings. The van der Waals surface area contributed by atoms with Gasteiger partial charge < -0.3 is 34.2 Å². The van der Waals surface area contributed by atoms with Crippen LogP contribution in [0.4, 0.5) is 0 Å². The van der Waals surface area contributed by atoms with Gasteiger partial charge in [-0.2, -0.15) is 0 Å². The van der Waals surface area contributed by atoms with E-state index < -0.39 is 91.5 Å². The van der Waals surface area contributed by atoms with Gasteiger partial charge in [-0.1, -0.05) is 229 Å². The lowest BCUT2D eigenvalue weighted by Gasteiger charge is -2.21. The van der Waals surface area contributed by atoms with Crippen LogP contribution in [-0.4, -0.2) is 95.9 Å². The molecule has 5 unspecified atom stereocenters. The second-order valence-corrected chi connectivity index (χ2v) is 24.4. The molecule has 16 nitrogen and oxygen atoms in total. The summed E-state index contributed by atoms with van der Waals surface area (Å²) in [5.74, 6) is -1.59. The summed E-state index contributed by atoms with van der Waals surface area (Å²) in [4.78, 5) is 58.1. The first-order valence-corrected chi connectivity index (χ1v) is 35.2. The van der Waals surface area contributed by atoms with E-state index in [1.54, 1.807) is 0 Å². The Labute approximate surface area is 503 Å². The molecule has 18 heteroatoms. The highest BCUT2D eigenvalue weighted by molar-refractivity contribution is 7.47. The maximum Gasteiger partial charge on any atom is 0.472 e. The molecule has 0 spiro atoms. The number of unbranched alkanes of at least 4 members (excludes halogenated alkanes) is 26. The van der Waals surface area contributed by atoms with Crippen molar-refractivity contribution in [2.24, 2.45) is 0 Å². The molecule has 0 amide bonds. The van der Waals surface area contributed by atoms with Crippen molar-refractivity contribution in [1.29, 1.82) is 0 Å². The predicted molar refractivity (Wildman–Crippen MR) is 335 cm³/mol. The van der Waals surface area contributed by atoms with Gasteiger partial charge in [0.05, 0.1) is 26.4 Å². The van der Waals surface area contributed by atoms with Crippen LogP contribution in [0.2, 0.25) is 0 Å². The molecule has 0 aromatic carbocycles. The standard InChI is InChI=1S/C65H116O16P2/c1-4-7-10-13-16-19-22-24-25-26-27-28-29-30-31-32-33-35-38-39-42-45-48-51-63(68)75-54-60(66)55-77-82(71,72)78-56-61(67)57-79-83(73,74)80-59-62(81-65(70)53-50-47-44-41-36-21-18-15-12-9-6-3)58-76-64(69)52-49-46-43-40-37-34-23-20-17-14-11-8-5-2/h7,10,16,19-20,23-25,27-28,30-31,60-62,66-67H,4-6,8-9,11-15,17-18,21-22,26,29,32-59H2,1-3H3,(H,71,72)(H,73,74)/b10-7-,19-16-,23-20-,25-24-,28-27-,31-30-. The van der Waals surface area contributed by atoms with Crippen molar-refractivity contribution in [2.75, 3.05) is 39.6 Å². The Morgan fingerprint density at radius 1 is 0.349 bits per heavy atom. The van der Waals surface area contributed by atoms with Crippen LogP contribution in [0, 0.1) is 0 Å². The number of carbonyl (C=O) groups excluding carboxylic acids is 3. The third kappa shape index (κ3) is 60.5. The van der Waals surface area contributed by atoms with Crippen molar-refractivity contribution in [1.82, 2.24) is 0 Å². The second-order valence-electron chi connectivity index (χ2n) is 21.5. The molecule has 0 aliphatic carbocycles. The van der Waals surface area contributed by atoms with Gasteiger partial charge in [-0.05, 0) is 89.9 Å². The number of carbonyl (C=O) groups is 3. The Kier molecular flexibility index (Phi) is 57.2. The zero-order valence-corrected chi connectivity index (χ0v) is 53.6. The maximum absolute atomic E-state index is 12.8. The van der Waals surface area contributed by atoms with Crippen molar-refractivity contribution in [3.8, 4) is 0 Å². The Hall–Kier alpha value is -3.01. The van der Waals surface area contributed by atoms with E-state index in [9.17, 15) is 43.5 Å². The number of allylic oxidation sites excluding steroid dienone is 12. The highest BCUT2D eigenvalue weighted by atomic mass is 31.2. The third-order valence-electron chi connectivity index (χ3n) is 13.4. The first-order valence-electron chi connectivity index (χ1n) is 32.2. The number of aliphatic hydroxyl groups excluding tert-OH is 2. The zero-order valence-electron chi connectivity index (χ0n) is 51.9. The smallest absolute Gasteiger partial charge is 0.463 e. The van der Waals surface area contributed by atoms with Crippen LogP contribution in [0.5, 0.6) is 0 Å². The van der Waals surface area contributed by atoms with Crippen molar-refractivity contribution in [3.05, 3.63) is 72.9 Å². The van der Waals surface area contributed by atoms with Crippen LogP contribution >= 0.6 is 15.6 Å². The summed E-state index contributed by atoms with van der Waals surface area (Å²) in [6.07, 6.45) is 59.7. The first-order chi connectivity index (χ1) is 40.2. The first kappa shape index (κ1) is 80.0. The average molecular weight is 1220 g/mol. The lowest BCUT2D eigenvalue weighted by Crippen LogP contribution is -2.30. The monoisotopic (exact) mass is 1210 g/mol. The summed E-state index contributed by atoms with van der Waals surface area (Å²) in [5, 5.41) is 20.5. The highest BCUT2D eigenvalue weighted by Gasteiger charge is 2.29. The number of rotatable bonds is 61. The number of esters is 3. The van der Waals surface area contributed by atoms with E-state index in [-0.39, 0.29) is 19.3 Å². The lowest BCUT2D eigenvalue weighted by molar-refractivity contribution is -0.161. The predicted octanol–water partition coefficient (Wildman–Crippen LogP) is 17.2. The number of aliphatic hydroxyl groups is 2. The number of phosphoric acid groups is 2. The molecule has 0 radical (unpaired) electrons. The minimum Gasteiger partial charge on any atom is -0.463 e. The molecule has 0 fully saturated rings. The summed E-state index contributed by atoms with van der Waals surface area (Å²) in [5.41, 5.74) is 0. The molecular weight excluding hydrogens is 1100 g/mol. The van der Waals surface area contributed by atoms with E-state index in [1.165, 1.54) is 64.2 Å². The molecule has 0 saturated carbocycles. The van der Waals surface area contributed by atoms with E-state index in [0.717, 1.165) is 141 Å². The number of hydrogen-bond donors (Lipinski definition) is 4. The molecule has 0 rings (SSSR count). The van der Waals surface area contributed by atoms with E-state index >= 15 is 0 Å². The molecule has 482 valence electrons. The van der Waals surface area contributed by atoms with Crippen LogP contribution in [0.3, 0.4) is 0 Å². The van der Waals surface area contributed by atoms with Crippen LogP contribution in [0.1, 0.15) is 265 Å². The topological polar surface area (TPSA) is 231 Å².